The summed E-state index contributed by atoms with van der Waals surface area (Å²) < 4.78 is 31.4. The lowest BCUT2D eigenvalue weighted by atomic mass is 9.95. The van der Waals surface area contributed by atoms with Gasteiger partial charge in [-0.2, -0.15) is 0 Å². The van der Waals surface area contributed by atoms with Gasteiger partial charge in [0.15, 0.2) is 17.3 Å². The van der Waals surface area contributed by atoms with Crippen LogP contribution in [0, 0.1) is 0 Å². The van der Waals surface area contributed by atoms with E-state index < -0.39 is 18.9 Å². The van der Waals surface area contributed by atoms with Crippen molar-refractivity contribution in [2.24, 2.45) is 0 Å². The van der Waals surface area contributed by atoms with Gasteiger partial charge in [0.25, 0.3) is 0 Å². The number of hydrogen-bond donors (Lipinski definition) is 3. The summed E-state index contributed by atoms with van der Waals surface area (Å²) in [6.45, 7) is 0. The van der Waals surface area contributed by atoms with E-state index >= 15 is 0 Å². The van der Waals surface area contributed by atoms with Gasteiger partial charge in [0, 0.05) is 12.1 Å². The fourth-order valence-electron chi connectivity index (χ4n) is 2.43. The molecule has 0 radical (unpaired) electrons. The van der Waals surface area contributed by atoms with Crippen molar-refractivity contribution in [1.82, 2.24) is 0 Å². The SMILES string of the molecule is [2H]C([2H])([2H])Oc1ccc([C@@H]2CC(=O)c3c(O)cc(O)cc3O2)cc1O. The molecule has 1 heterocycles. The summed E-state index contributed by atoms with van der Waals surface area (Å²) in [5, 5.41) is 29.3. The maximum atomic E-state index is 12.3. The van der Waals surface area contributed by atoms with Crippen LogP contribution >= 0.6 is 0 Å². The summed E-state index contributed by atoms with van der Waals surface area (Å²) in [6.07, 6.45) is -0.863. The number of hydrogen-bond acceptors (Lipinski definition) is 6. The van der Waals surface area contributed by atoms with Gasteiger partial charge in [-0.15, -0.1) is 0 Å². The highest BCUT2D eigenvalue weighted by Crippen LogP contribution is 2.42. The Morgan fingerprint density at radius 2 is 2.05 bits per heavy atom. The van der Waals surface area contributed by atoms with Crippen LogP contribution in [0.1, 0.15) is 32.6 Å². The molecular formula is C16H14O6. The number of carbonyl (C=O) groups excluding carboxylic acids is 1. The minimum atomic E-state index is -2.70. The van der Waals surface area contributed by atoms with E-state index in [9.17, 15) is 20.1 Å². The van der Waals surface area contributed by atoms with Crippen LogP contribution in [0.3, 0.4) is 0 Å². The average Bonchev–Trinajstić information content (AvgIpc) is 2.46. The lowest BCUT2D eigenvalue weighted by Gasteiger charge is -2.26. The maximum Gasteiger partial charge on any atom is 0.174 e. The molecule has 6 heteroatoms. The lowest BCUT2D eigenvalue weighted by molar-refractivity contribution is 0.0844. The van der Waals surface area contributed by atoms with Crippen molar-refractivity contribution in [2.45, 2.75) is 12.5 Å². The summed E-state index contributed by atoms with van der Waals surface area (Å²) >= 11 is 0. The van der Waals surface area contributed by atoms with Crippen LogP contribution in [0.15, 0.2) is 30.3 Å². The van der Waals surface area contributed by atoms with Gasteiger partial charge in [0.2, 0.25) is 0 Å². The number of aromatic hydroxyl groups is 3. The number of benzene rings is 2. The third-order valence-electron chi connectivity index (χ3n) is 3.45. The summed E-state index contributed by atoms with van der Waals surface area (Å²) in [5.41, 5.74) is 0.401. The normalized spacial score (nSPS) is 19.4. The molecule has 6 nitrogen and oxygen atoms in total. The molecule has 114 valence electrons. The first kappa shape index (κ1) is 10.8. The second-order valence-electron chi connectivity index (χ2n) is 4.90. The van der Waals surface area contributed by atoms with Crippen LogP contribution in [0.2, 0.25) is 0 Å². The lowest BCUT2D eigenvalue weighted by Crippen LogP contribution is -2.20. The number of ether oxygens (including phenoxy) is 2. The minimum absolute atomic E-state index is 0.0133. The Hall–Kier alpha value is -2.89. The molecule has 0 aromatic heterocycles. The molecule has 0 aliphatic carbocycles. The molecule has 0 fully saturated rings. The molecule has 2 aromatic rings. The fourth-order valence-corrected chi connectivity index (χ4v) is 2.43. The van der Waals surface area contributed by atoms with Crippen LogP contribution in [-0.2, 0) is 0 Å². The number of phenolic OH excluding ortho intramolecular Hbond substituents is 3. The maximum absolute atomic E-state index is 12.3. The monoisotopic (exact) mass is 305 g/mol. The van der Waals surface area contributed by atoms with Gasteiger partial charge in [-0.05, 0) is 17.7 Å². The topological polar surface area (TPSA) is 96.2 Å². The van der Waals surface area contributed by atoms with Crippen molar-refractivity contribution < 1.29 is 33.7 Å². The molecule has 1 aliphatic rings. The van der Waals surface area contributed by atoms with E-state index in [-0.39, 0.29) is 40.8 Å². The fraction of sp³-hybridized carbons (Fsp3) is 0.188. The highest BCUT2D eigenvalue weighted by atomic mass is 16.5. The second-order valence-corrected chi connectivity index (χ2v) is 4.90. The van der Waals surface area contributed by atoms with E-state index in [4.69, 9.17) is 8.85 Å². The van der Waals surface area contributed by atoms with Crippen LogP contribution in [0.5, 0.6) is 28.7 Å². The Kier molecular flexibility index (Phi) is 2.52. The number of fused-ring (bicyclic) bond motifs is 1. The molecule has 0 saturated carbocycles. The molecule has 2 aromatic carbocycles. The summed E-state index contributed by atoms with van der Waals surface area (Å²) in [6, 6.07) is 6.23. The van der Waals surface area contributed by atoms with Gasteiger partial charge in [0.05, 0.1) is 17.6 Å². The molecule has 0 bridgehead atoms. The molecule has 3 N–H and O–H groups in total. The Balaban J connectivity index is 1.91. The Morgan fingerprint density at radius 3 is 2.77 bits per heavy atom. The Bertz CT molecular complexity index is 846. The minimum Gasteiger partial charge on any atom is -0.508 e. The van der Waals surface area contributed by atoms with Crippen LogP contribution in [0.25, 0.3) is 0 Å². The van der Waals surface area contributed by atoms with Crippen LogP contribution in [0.4, 0.5) is 0 Å². The largest absolute Gasteiger partial charge is 0.508 e. The van der Waals surface area contributed by atoms with E-state index in [1.165, 1.54) is 24.3 Å². The van der Waals surface area contributed by atoms with Gasteiger partial charge in [0.1, 0.15) is 28.9 Å². The summed E-state index contributed by atoms with van der Waals surface area (Å²) in [7, 11) is -2.70. The zero-order chi connectivity index (χ0) is 18.4. The molecule has 0 amide bonds. The van der Waals surface area contributed by atoms with Gasteiger partial charge in [-0.1, -0.05) is 6.07 Å². The van der Waals surface area contributed by atoms with Gasteiger partial charge < -0.3 is 24.8 Å². The van der Waals surface area contributed by atoms with Crippen molar-refractivity contribution in [3.05, 3.63) is 41.5 Å². The van der Waals surface area contributed by atoms with Gasteiger partial charge >= 0.3 is 0 Å². The molecule has 0 spiro atoms. The van der Waals surface area contributed by atoms with Gasteiger partial charge in [-0.25, -0.2) is 0 Å². The first-order valence-electron chi connectivity index (χ1n) is 7.92. The quantitative estimate of drug-likeness (QED) is 0.789. The number of phenols is 3. The van der Waals surface area contributed by atoms with Crippen molar-refractivity contribution in [3.8, 4) is 28.7 Å². The smallest absolute Gasteiger partial charge is 0.174 e. The average molecular weight is 305 g/mol. The van der Waals surface area contributed by atoms with Crippen molar-refractivity contribution in [2.75, 3.05) is 7.04 Å². The van der Waals surface area contributed by atoms with E-state index in [2.05, 4.69) is 4.74 Å². The van der Waals surface area contributed by atoms with Crippen molar-refractivity contribution in [1.29, 1.82) is 0 Å². The number of methoxy groups -OCH3 is 1. The highest BCUT2D eigenvalue weighted by molar-refractivity contribution is 6.02. The standard InChI is InChI=1S/C16H14O6/c1-21-13-3-2-8(4-10(13)18)14-7-12(20)16-11(19)5-9(17)6-15(16)22-14/h2-6,14,17-19H,7H2,1H3/t14-/m0/s1/i1D3. The first-order chi connectivity index (χ1) is 11.6. The van der Waals surface area contributed by atoms with Crippen LogP contribution < -0.4 is 9.47 Å². The van der Waals surface area contributed by atoms with E-state index in [1.807, 2.05) is 0 Å². The van der Waals surface area contributed by atoms with E-state index in [0.29, 0.717) is 5.56 Å². The molecular weight excluding hydrogens is 288 g/mol. The van der Waals surface area contributed by atoms with Crippen LogP contribution in [-0.4, -0.2) is 28.1 Å². The summed E-state index contributed by atoms with van der Waals surface area (Å²) in [4.78, 5) is 12.3. The predicted octanol–water partition coefficient (Wildman–Crippen LogP) is 2.52. The highest BCUT2D eigenvalue weighted by Gasteiger charge is 2.31. The Labute approximate surface area is 130 Å². The third kappa shape index (κ3) is 2.28. The zero-order valence-electron chi connectivity index (χ0n) is 14.2. The Morgan fingerprint density at radius 1 is 1.23 bits per heavy atom. The van der Waals surface area contributed by atoms with Crippen molar-refractivity contribution >= 4 is 5.78 Å². The molecule has 3 rings (SSSR count). The predicted molar refractivity (Wildman–Crippen MR) is 76.7 cm³/mol. The molecule has 22 heavy (non-hydrogen) atoms. The molecule has 0 saturated heterocycles. The number of carbonyl (C=O) groups is 1. The van der Waals surface area contributed by atoms with Crippen molar-refractivity contribution in [3.63, 3.8) is 0 Å². The number of rotatable bonds is 2. The first-order valence-corrected chi connectivity index (χ1v) is 6.42. The summed E-state index contributed by atoms with van der Waals surface area (Å²) in [5.74, 6) is -1.61. The molecule has 0 unspecified atom stereocenters. The third-order valence-corrected chi connectivity index (χ3v) is 3.45. The molecule has 1 atom stereocenters. The van der Waals surface area contributed by atoms with E-state index in [1.54, 1.807) is 0 Å². The van der Waals surface area contributed by atoms with E-state index in [0.717, 1.165) is 6.07 Å². The zero-order valence-corrected chi connectivity index (χ0v) is 11.2. The number of Topliss-reactive ketones (excluding diaryl/α,β-unsaturated/α-hetero) is 1. The molecule has 1 aliphatic heterocycles. The number of ketones is 1. The van der Waals surface area contributed by atoms with Gasteiger partial charge in [-0.3, -0.25) is 4.79 Å². The second kappa shape index (κ2) is 5.14.